The fraction of sp³-hybridized carbons (Fsp3) is 0.729. The summed E-state index contributed by atoms with van der Waals surface area (Å²) in [6.45, 7) is 17.5. The molecule has 24 nitrogen and oxygen atoms in total. The summed E-state index contributed by atoms with van der Waals surface area (Å²) in [5, 5.41) is 14.2. The van der Waals surface area contributed by atoms with Crippen LogP contribution in [0.5, 0.6) is 5.75 Å². The number of Topliss-reactive ketones (excluding diaryl/α,β-unsaturated/α-hetero) is 5. The molecule has 8 saturated heterocycles. The molecule has 7 spiro atoms. The number of ether oxygens (including phenoxy) is 4. The van der Waals surface area contributed by atoms with Gasteiger partial charge in [-0.25, -0.2) is 4.79 Å². The maximum absolute atomic E-state index is 12.3. The first-order valence-electron chi connectivity index (χ1n) is 29.5. The summed E-state index contributed by atoms with van der Waals surface area (Å²) < 4.78 is 32.7. The minimum atomic E-state index is -0.572. The molecule has 6 amide bonds. The first kappa shape index (κ1) is 62.4. The van der Waals surface area contributed by atoms with Gasteiger partial charge in [0.1, 0.15) is 35.3 Å². The molecule has 13 aliphatic rings. The van der Waals surface area contributed by atoms with E-state index in [1.807, 2.05) is 54.5 Å². The summed E-state index contributed by atoms with van der Waals surface area (Å²) in [7, 11) is 1.22. The summed E-state index contributed by atoms with van der Waals surface area (Å²) in [4.78, 5) is 130. The summed E-state index contributed by atoms with van der Waals surface area (Å²) >= 11 is 0. The van der Waals surface area contributed by atoms with Crippen molar-refractivity contribution in [1.29, 1.82) is 0 Å². The van der Waals surface area contributed by atoms with Crippen molar-refractivity contribution in [2.75, 3.05) is 59.7 Å². The quantitative estimate of drug-likeness (QED) is 0.160. The van der Waals surface area contributed by atoms with Gasteiger partial charge < -0.3 is 59.7 Å². The van der Waals surface area contributed by atoms with E-state index in [2.05, 4.69) is 31.6 Å². The summed E-state index contributed by atoms with van der Waals surface area (Å²) in [5.74, 6) is 0.570. The van der Waals surface area contributed by atoms with Crippen LogP contribution < -0.4 is 36.8 Å². The van der Waals surface area contributed by atoms with Gasteiger partial charge in [0, 0.05) is 62.2 Å². The third kappa shape index (κ3) is 13.0. The lowest BCUT2D eigenvalue weighted by molar-refractivity contribution is -0.154. The van der Waals surface area contributed by atoms with Gasteiger partial charge in [0.25, 0.3) is 0 Å². The molecule has 8 aliphatic heterocycles. The van der Waals surface area contributed by atoms with Crippen LogP contribution in [0.4, 0.5) is 4.79 Å². The van der Waals surface area contributed by atoms with E-state index in [1.54, 1.807) is 24.4 Å². The lowest BCUT2D eigenvalue weighted by Crippen LogP contribution is -2.74. The van der Waals surface area contributed by atoms with Gasteiger partial charge in [0.15, 0.2) is 11.6 Å². The van der Waals surface area contributed by atoms with Crippen molar-refractivity contribution >= 4 is 77.1 Å². The minimum absolute atomic E-state index is 0.0250. The molecule has 0 atom stereocenters. The highest BCUT2D eigenvalue weighted by atomic mass is 16.7. The highest BCUT2D eigenvalue weighted by Crippen LogP contribution is 2.66. The zero-order valence-corrected chi connectivity index (χ0v) is 49.8. The second-order valence-corrected chi connectivity index (χ2v) is 27.2. The van der Waals surface area contributed by atoms with Crippen molar-refractivity contribution in [3.63, 3.8) is 0 Å². The monoisotopic (exact) mass is 1170 g/mol. The van der Waals surface area contributed by atoms with Gasteiger partial charge in [-0.1, -0.05) is 6.42 Å². The van der Waals surface area contributed by atoms with E-state index >= 15 is 0 Å². The summed E-state index contributed by atoms with van der Waals surface area (Å²) in [6, 6.07) is 1.89. The normalized spacial score (nSPS) is 26.6. The van der Waals surface area contributed by atoms with Crippen LogP contribution >= 0.6 is 0 Å². The highest BCUT2D eigenvalue weighted by molar-refractivity contribution is 6.62. The topological polar surface area (TPSA) is 319 Å². The summed E-state index contributed by atoms with van der Waals surface area (Å²) in [5.41, 5.74) is -2.08. The van der Waals surface area contributed by atoms with Crippen molar-refractivity contribution < 1.29 is 81.0 Å². The third-order valence-electron chi connectivity index (χ3n) is 19.2. The molecule has 84 heavy (non-hydrogen) atoms. The zero-order valence-electron chi connectivity index (χ0n) is 49.8. The smallest absolute Gasteiger partial charge is 0.490 e. The zero-order chi connectivity index (χ0) is 60.9. The molecule has 0 radical (unpaired) electrons. The number of carbonyl (C=O) groups is 11. The number of methoxy groups -OCH3 is 1. The van der Waals surface area contributed by atoms with Gasteiger partial charge in [-0.05, 0) is 119 Å². The van der Waals surface area contributed by atoms with Crippen LogP contribution in [0.15, 0.2) is 18.5 Å². The van der Waals surface area contributed by atoms with Crippen molar-refractivity contribution in [2.45, 2.75) is 191 Å². The number of fused-ring (bicyclic) bond motifs is 2. The lowest BCUT2D eigenvalue weighted by atomic mass is 9.64. The number of hydrogen-bond acceptors (Lipinski definition) is 18. The minimum Gasteiger partial charge on any atom is -0.490 e. The molecular formula is C59H82BN7O17. The maximum Gasteiger partial charge on any atom is 0.496 e. The molecule has 9 heterocycles. The SMILES string of the molecule is CC(C)(C)OC(=O)N1CC2(C1)C(=O)CC(=O)NC21CC1.COCCOc1cncc(B2OC(C)(C)C(C)(C)O2)c1.O=C1CC(=O)C2(CC2)C2(CC2)N1.O=C1CC(=O)C2(CC2)CN1.O=C1CC(=O)C2(CCC2)CN1.O=C1CC(=O)NC2(COC2)C1. The molecular weight excluding hydrogens is 1090 g/mol. The second kappa shape index (κ2) is 22.9. The Morgan fingerprint density at radius 3 is 1.55 bits per heavy atom. The number of carbonyl (C=O) groups excluding carboxylic acids is 11. The molecule has 25 heteroatoms. The van der Waals surface area contributed by atoms with E-state index in [0.717, 1.165) is 76.1 Å². The Labute approximate surface area is 489 Å². The number of pyridine rings is 1. The molecule has 5 saturated carbocycles. The largest absolute Gasteiger partial charge is 0.496 e. The Bertz CT molecular complexity index is 2820. The second-order valence-electron chi connectivity index (χ2n) is 27.2. The van der Waals surface area contributed by atoms with Crippen molar-refractivity contribution in [3.8, 4) is 5.75 Å². The number of nitrogens with one attached hydrogen (secondary N) is 5. The first-order valence-corrected chi connectivity index (χ1v) is 29.5. The number of piperidine rings is 5. The summed E-state index contributed by atoms with van der Waals surface area (Å²) in [6.07, 6.45) is 14.6. The highest BCUT2D eigenvalue weighted by Gasteiger charge is 2.72. The number of rotatable bonds is 5. The van der Waals surface area contributed by atoms with Crippen LogP contribution in [0.3, 0.4) is 0 Å². The Kier molecular flexibility index (Phi) is 17.0. The molecule has 14 rings (SSSR count). The Morgan fingerprint density at radius 1 is 0.619 bits per heavy atom. The first-order chi connectivity index (χ1) is 39.4. The molecule has 0 unspecified atom stereocenters. The molecule has 1 aromatic rings. The fourth-order valence-electron chi connectivity index (χ4n) is 12.5. The van der Waals surface area contributed by atoms with Crippen LogP contribution in [-0.4, -0.2) is 175 Å². The van der Waals surface area contributed by atoms with Gasteiger partial charge in [0.2, 0.25) is 29.5 Å². The number of hydrogen-bond donors (Lipinski definition) is 5. The van der Waals surface area contributed by atoms with Crippen LogP contribution in [-0.2, 0) is 71.5 Å². The predicted octanol–water partition coefficient (Wildman–Crippen LogP) is 1.98. The number of ketones is 5. The molecule has 13 fully saturated rings. The Morgan fingerprint density at radius 2 is 1.12 bits per heavy atom. The average molecular weight is 1170 g/mol. The maximum atomic E-state index is 12.3. The number of nitrogens with zero attached hydrogens (tertiary/aromatic N) is 2. The van der Waals surface area contributed by atoms with Gasteiger partial charge in [0.05, 0.1) is 96.8 Å². The van der Waals surface area contributed by atoms with Crippen molar-refractivity contribution in [1.82, 2.24) is 36.5 Å². The van der Waals surface area contributed by atoms with E-state index in [4.69, 9.17) is 28.3 Å². The van der Waals surface area contributed by atoms with Crippen LogP contribution in [0, 0.1) is 21.7 Å². The number of amides is 6. The van der Waals surface area contributed by atoms with E-state index in [1.165, 1.54) is 0 Å². The van der Waals surface area contributed by atoms with Gasteiger partial charge in [-0.2, -0.15) is 0 Å². The Balaban J connectivity index is 0.000000124. The van der Waals surface area contributed by atoms with Crippen LogP contribution in [0.1, 0.15) is 158 Å². The van der Waals surface area contributed by atoms with Gasteiger partial charge >= 0.3 is 13.2 Å². The van der Waals surface area contributed by atoms with E-state index in [-0.39, 0.29) is 135 Å². The molecule has 1 aromatic heterocycles. The van der Waals surface area contributed by atoms with Crippen molar-refractivity contribution in [3.05, 3.63) is 18.5 Å². The average Bonchev–Trinajstić information content (AvgIpc) is 1.71. The Hall–Kier alpha value is -6.18. The molecule has 458 valence electrons. The van der Waals surface area contributed by atoms with Gasteiger partial charge in [-0.15, -0.1) is 0 Å². The van der Waals surface area contributed by atoms with E-state index in [0.29, 0.717) is 64.8 Å². The molecule has 0 bridgehead atoms. The number of aromatic nitrogens is 1. The third-order valence-corrected chi connectivity index (χ3v) is 19.2. The standard InChI is InChI=1S/C14H22BNO4.C14H20N2O4.C9H11NO2.C8H11NO2.C7H9NO3.C7H9NO2/c1-13(2)14(3,4)20-15(19-13)11-8-12(10-16-9-11)18-7-6-17-5;1-12(2,3)20-11(19)16-7-13(8-16)9(17)6-10(18)15-14(13)4-5-14;11-6-5-7(12)10-9(3-4-9)8(6)1-2-8;10-6-4-7(11)9-5-8(6)2-1-3-8;9-5-1-6(10)8-7(2-5)3-11-4-7;9-5-3-6(10)8-4-7(5)1-2-7/h8-10H,6-7H2,1-5H3;4-8H2,1-3H3,(H,15,18);1-5H2,(H,10,12);1-5H2,(H,9,11);1-4H2,(H,8,10);1-4H2,(H,8,10). The van der Waals surface area contributed by atoms with Gasteiger partial charge in [-0.3, -0.25) is 52.9 Å². The number of likely N-dealkylation sites (tertiary alicyclic amines) is 1. The lowest BCUT2D eigenvalue weighted by Gasteiger charge is -2.55. The fourth-order valence-corrected chi connectivity index (χ4v) is 12.5. The molecule has 5 aliphatic carbocycles. The van der Waals surface area contributed by atoms with Crippen LogP contribution in [0.25, 0.3) is 0 Å². The van der Waals surface area contributed by atoms with Crippen molar-refractivity contribution in [2.24, 2.45) is 21.7 Å². The molecule has 0 aromatic carbocycles. The molecule has 5 N–H and O–H groups in total. The van der Waals surface area contributed by atoms with E-state index < -0.39 is 23.7 Å². The van der Waals surface area contributed by atoms with Crippen LogP contribution in [0.2, 0.25) is 0 Å². The van der Waals surface area contributed by atoms with E-state index in [9.17, 15) is 52.7 Å². The predicted molar refractivity (Wildman–Crippen MR) is 298 cm³/mol.